The number of benzene rings is 2. The van der Waals surface area contributed by atoms with Crippen molar-refractivity contribution in [3.8, 4) is 22.5 Å². The molecule has 0 radical (unpaired) electrons. The molecule has 0 spiro atoms. The van der Waals surface area contributed by atoms with Crippen LogP contribution in [-0.4, -0.2) is 20.5 Å². The zero-order valence-electron chi connectivity index (χ0n) is 13.7. The Morgan fingerprint density at radius 3 is 2.56 bits per heavy atom. The first-order valence-corrected chi connectivity index (χ1v) is 7.99. The lowest BCUT2D eigenvalue weighted by molar-refractivity contribution is -0.114. The number of hydrogen-bond acceptors (Lipinski definition) is 3. The van der Waals surface area contributed by atoms with E-state index < -0.39 is 0 Å². The van der Waals surface area contributed by atoms with Crippen LogP contribution >= 0.6 is 0 Å². The summed E-state index contributed by atoms with van der Waals surface area (Å²) in [4.78, 5) is 15.7. The summed E-state index contributed by atoms with van der Waals surface area (Å²) in [6.45, 7) is 1.49. The van der Waals surface area contributed by atoms with Crippen LogP contribution < -0.4 is 5.32 Å². The highest BCUT2D eigenvalue weighted by atomic mass is 16.1. The Morgan fingerprint density at radius 2 is 1.76 bits per heavy atom. The van der Waals surface area contributed by atoms with E-state index in [-0.39, 0.29) is 5.91 Å². The molecule has 0 unspecified atom stereocenters. The standard InChI is InChI=1S/C20H16N4O/c1-14(25)22-17-9-5-8-16(12-17)19-13-21-20-11-10-18(23-24(19)20)15-6-3-2-4-7-15/h2-13H,1H3,(H,22,25). The second-order valence-corrected chi connectivity index (χ2v) is 5.76. The second-order valence-electron chi connectivity index (χ2n) is 5.76. The van der Waals surface area contributed by atoms with E-state index in [1.54, 1.807) is 6.20 Å². The van der Waals surface area contributed by atoms with Crippen LogP contribution in [0.3, 0.4) is 0 Å². The van der Waals surface area contributed by atoms with Crippen molar-refractivity contribution < 1.29 is 4.79 Å². The first-order chi connectivity index (χ1) is 12.2. The molecule has 0 aliphatic carbocycles. The van der Waals surface area contributed by atoms with Gasteiger partial charge in [-0.1, -0.05) is 42.5 Å². The molecule has 0 aliphatic heterocycles. The lowest BCUT2D eigenvalue weighted by Gasteiger charge is -2.07. The van der Waals surface area contributed by atoms with Gasteiger partial charge in [-0.25, -0.2) is 9.50 Å². The largest absolute Gasteiger partial charge is 0.326 e. The van der Waals surface area contributed by atoms with Crippen LogP contribution in [0.25, 0.3) is 28.2 Å². The van der Waals surface area contributed by atoms with E-state index in [2.05, 4.69) is 10.3 Å². The molecule has 25 heavy (non-hydrogen) atoms. The normalized spacial score (nSPS) is 10.8. The summed E-state index contributed by atoms with van der Waals surface area (Å²) < 4.78 is 1.83. The highest BCUT2D eigenvalue weighted by molar-refractivity contribution is 5.89. The molecule has 122 valence electrons. The number of aromatic nitrogens is 3. The molecule has 5 nitrogen and oxygen atoms in total. The number of amides is 1. The first kappa shape index (κ1) is 15.1. The van der Waals surface area contributed by atoms with Crippen molar-refractivity contribution in [2.45, 2.75) is 6.92 Å². The maximum absolute atomic E-state index is 11.3. The van der Waals surface area contributed by atoms with Gasteiger partial charge in [0.25, 0.3) is 0 Å². The Hall–Kier alpha value is -3.47. The minimum absolute atomic E-state index is 0.0974. The quantitative estimate of drug-likeness (QED) is 0.618. The number of fused-ring (bicyclic) bond motifs is 1. The molecule has 5 heteroatoms. The SMILES string of the molecule is CC(=O)Nc1cccc(-c2cnc3ccc(-c4ccccc4)nn23)c1. The molecule has 0 atom stereocenters. The highest BCUT2D eigenvalue weighted by Gasteiger charge is 2.10. The number of nitrogens with zero attached hydrogens (tertiary/aromatic N) is 3. The van der Waals surface area contributed by atoms with E-state index >= 15 is 0 Å². The molecule has 0 aliphatic rings. The third kappa shape index (κ3) is 2.99. The van der Waals surface area contributed by atoms with Gasteiger partial charge in [0.1, 0.15) is 0 Å². The molecule has 2 aromatic carbocycles. The maximum atomic E-state index is 11.3. The topological polar surface area (TPSA) is 59.3 Å². The number of carbonyl (C=O) groups is 1. The summed E-state index contributed by atoms with van der Waals surface area (Å²) in [7, 11) is 0. The monoisotopic (exact) mass is 328 g/mol. The average molecular weight is 328 g/mol. The predicted octanol–water partition coefficient (Wildman–Crippen LogP) is 4.02. The second kappa shape index (κ2) is 6.20. The molecule has 4 aromatic rings. The Morgan fingerprint density at radius 1 is 0.960 bits per heavy atom. The van der Waals surface area contributed by atoms with Crippen molar-refractivity contribution in [2.75, 3.05) is 5.32 Å². The van der Waals surface area contributed by atoms with Crippen LogP contribution in [0.1, 0.15) is 6.92 Å². The van der Waals surface area contributed by atoms with Crippen LogP contribution in [0, 0.1) is 0 Å². The van der Waals surface area contributed by atoms with Gasteiger partial charge in [-0.2, -0.15) is 5.10 Å². The molecule has 0 saturated carbocycles. The van der Waals surface area contributed by atoms with Crippen molar-refractivity contribution in [2.24, 2.45) is 0 Å². The summed E-state index contributed by atoms with van der Waals surface area (Å²) in [6, 6.07) is 21.6. The molecule has 0 fully saturated rings. The van der Waals surface area contributed by atoms with Crippen LogP contribution in [0.4, 0.5) is 5.69 Å². The molecule has 0 bridgehead atoms. The predicted molar refractivity (Wildman–Crippen MR) is 98.2 cm³/mol. The molecular weight excluding hydrogens is 312 g/mol. The van der Waals surface area contributed by atoms with E-state index in [0.717, 1.165) is 33.8 Å². The molecule has 1 amide bonds. The zero-order valence-corrected chi connectivity index (χ0v) is 13.7. The van der Waals surface area contributed by atoms with Gasteiger partial charge in [-0.05, 0) is 24.3 Å². The van der Waals surface area contributed by atoms with Crippen molar-refractivity contribution >= 4 is 17.2 Å². The smallest absolute Gasteiger partial charge is 0.221 e. The number of nitrogens with one attached hydrogen (secondary N) is 1. The van der Waals surface area contributed by atoms with E-state index in [1.165, 1.54) is 6.92 Å². The summed E-state index contributed by atoms with van der Waals surface area (Å²) in [5, 5.41) is 7.54. The fourth-order valence-electron chi connectivity index (χ4n) is 2.79. The number of hydrogen-bond donors (Lipinski definition) is 1. The number of carbonyl (C=O) groups excluding carboxylic acids is 1. The Kier molecular flexibility index (Phi) is 3.74. The minimum atomic E-state index is -0.0974. The van der Waals surface area contributed by atoms with Crippen molar-refractivity contribution in [1.29, 1.82) is 0 Å². The van der Waals surface area contributed by atoms with Gasteiger partial charge in [0, 0.05) is 23.7 Å². The minimum Gasteiger partial charge on any atom is -0.326 e. The summed E-state index contributed by atoms with van der Waals surface area (Å²) in [5.41, 5.74) is 5.27. The van der Waals surface area contributed by atoms with Crippen LogP contribution in [-0.2, 0) is 4.79 Å². The fraction of sp³-hybridized carbons (Fsp3) is 0.0500. The molecule has 2 heterocycles. The fourth-order valence-corrected chi connectivity index (χ4v) is 2.79. The van der Waals surface area contributed by atoms with Gasteiger partial charge in [-0.3, -0.25) is 4.79 Å². The van der Waals surface area contributed by atoms with Crippen LogP contribution in [0.2, 0.25) is 0 Å². The molecular formula is C20H16N4O. The Bertz CT molecular complexity index is 1050. The molecule has 1 N–H and O–H groups in total. The Balaban J connectivity index is 1.81. The zero-order chi connectivity index (χ0) is 17.2. The first-order valence-electron chi connectivity index (χ1n) is 7.99. The summed E-state index contributed by atoms with van der Waals surface area (Å²) >= 11 is 0. The lowest BCUT2D eigenvalue weighted by atomic mass is 10.1. The lowest BCUT2D eigenvalue weighted by Crippen LogP contribution is -2.05. The van der Waals surface area contributed by atoms with Gasteiger partial charge in [-0.15, -0.1) is 0 Å². The van der Waals surface area contributed by atoms with Crippen LogP contribution in [0.5, 0.6) is 0 Å². The van der Waals surface area contributed by atoms with Gasteiger partial charge in [0.2, 0.25) is 5.91 Å². The number of anilines is 1. The van der Waals surface area contributed by atoms with Crippen molar-refractivity contribution in [3.05, 3.63) is 72.9 Å². The molecule has 0 saturated heterocycles. The van der Waals surface area contributed by atoms with E-state index in [4.69, 9.17) is 5.10 Å². The number of imidazole rings is 1. The Labute approximate surface area is 145 Å². The van der Waals surface area contributed by atoms with Crippen molar-refractivity contribution in [1.82, 2.24) is 14.6 Å². The third-order valence-electron chi connectivity index (χ3n) is 3.91. The summed E-state index contributed by atoms with van der Waals surface area (Å²) in [5.74, 6) is -0.0974. The van der Waals surface area contributed by atoms with Gasteiger partial charge >= 0.3 is 0 Å². The molecule has 4 rings (SSSR count). The van der Waals surface area contributed by atoms with Crippen LogP contribution in [0.15, 0.2) is 72.9 Å². The third-order valence-corrected chi connectivity index (χ3v) is 3.91. The van der Waals surface area contributed by atoms with Gasteiger partial charge < -0.3 is 5.32 Å². The van der Waals surface area contributed by atoms with E-state index in [9.17, 15) is 4.79 Å². The van der Waals surface area contributed by atoms with Gasteiger partial charge in [0.05, 0.1) is 17.6 Å². The summed E-state index contributed by atoms with van der Waals surface area (Å²) in [6.07, 6.45) is 1.80. The van der Waals surface area contributed by atoms with Gasteiger partial charge in [0.15, 0.2) is 5.65 Å². The number of rotatable bonds is 3. The highest BCUT2D eigenvalue weighted by Crippen LogP contribution is 2.25. The van der Waals surface area contributed by atoms with E-state index in [0.29, 0.717) is 0 Å². The average Bonchev–Trinajstić information content (AvgIpc) is 3.05. The molecule has 2 aromatic heterocycles. The van der Waals surface area contributed by atoms with Crippen molar-refractivity contribution in [3.63, 3.8) is 0 Å². The maximum Gasteiger partial charge on any atom is 0.221 e. The van der Waals surface area contributed by atoms with E-state index in [1.807, 2.05) is 71.2 Å².